The number of nitrogens with zero attached hydrogens (tertiary/aromatic N) is 1. The molecule has 5 heteroatoms. The Labute approximate surface area is 132 Å². The number of carbonyl (C=O) groups excluding carboxylic acids is 2. The molecule has 1 aromatic carbocycles. The molecule has 2 unspecified atom stereocenters. The summed E-state index contributed by atoms with van der Waals surface area (Å²) in [6.07, 6.45) is 2.13. The fourth-order valence-electron chi connectivity index (χ4n) is 2.72. The minimum absolute atomic E-state index is 0.0502. The number of piperidine rings is 1. The van der Waals surface area contributed by atoms with Crippen molar-refractivity contribution in [2.24, 2.45) is 0 Å². The lowest BCUT2D eigenvalue weighted by atomic mass is 9.98. The van der Waals surface area contributed by atoms with Crippen LogP contribution in [0.15, 0.2) is 30.3 Å². The molecule has 1 aliphatic heterocycles. The van der Waals surface area contributed by atoms with Crippen molar-refractivity contribution in [2.75, 3.05) is 20.1 Å². The molecule has 2 rings (SSSR count). The van der Waals surface area contributed by atoms with Gasteiger partial charge in [-0.25, -0.2) is 4.79 Å². The third-order valence-corrected chi connectivity index (χ3v) is 4.19. The van der Waals surface area contributed by atoms with Crippen LogP contribution in [-0.2, 0) is 4.79 Å². The van der Waals surface area contributed by atoms with Crippen molar-refractivity contribution in [2.45, 2.75) is 38.1 Å². The molecule has 1 aliphatic rings. The van der Waals surface area contributed by atoms with E-state index in [1.807, 2.05) is 18.2 Å². The first-order chi connectivity index (χ1) is 10.6. The molecule has 0 saturated carbocycles. The highest BCUT2D eigenvalue weighted by Crippen LogP contribution is 2.17. The molecule has 0 radical (unpaired) electrons. The number of hydrogen-bond donors (Lipinski definition) is 2. The number of urea groups is 1. The molecule has 1 saturated heterocycles. The van der Waals surface area contributed by atoms with Crippen LogP contribution in [0.4, 0.5) is 4.79 Å². The van der Waals surface area contributed by atoms with Crippen molar-refractivity contribution in [3.05, 3.63) is 35.9 Å². The number of carbonyl (C=O) groups is 2. The maximum Gasteiger partial charge on any atom is 0.315 e. The van der Waals surface area contributed by atoms with Gasteiger partial charge < -0.3 is 15.5 Å². The maximum atomic E-state index is 11.9. The summed E-state index contributed by atoms with van der Waals surface area (Å²) in [4.78, 5) is 25.0. The van der Waals surface area contributed by atoms with Crippen LogP contribution in [0.3, 0.4) is 0 Å². The van der Waals surface area contributed by atoms with Gasteiger partial charge in [-0.3, -0.25) is 4.79 Å². The van der Waals surface area contributed by atoms with Crippen molar-refractivity contribution in [3.63, 3.8) is 0 Å². The summed E-state index contributed by atoms with van der Waals surface area (Å²) >= 11 is 0. The molecule has 22 heavy (non-hydrogen) atoms. The number of hydrogen-bond acceptors (Lipinski definition) is 2. The molecule has 0 aromatic heterocycles. The first kappa shape index (κ1) is 16.3. The number of nitrogens with one attached hydrogen (secondary N) is 2. The largest absolute Gasteiger partial charge is 0.344 e. The quantitative estimate of drug-likeness (QED) is 0.875. The van der Waals surface area contributed by atoms with Crippen LogP contribution in [0, 0.1) is 0 Å². The molecule has 1 heterocycles. The van der Waals surface area contributed by atoms with Crippen LogP contribution in [0.2, 0.25) is 0 Å². The van der Waals surface area contributed by atoms with E-state index in [-0.39, 0.29) is 18.0 Å². The monoisotopic (exact) mass is 303 g/mol. The smallest absolute Gasteiger partial charge is 0.315 e. The Kier molecular flexibility index (Phi) is 5.81. The SMILES string of the molecule is CC(CCNC(=O)NC1CCC(=O)N(C)C1)c1ccccc1. The fourth-order valence-corrected chi connectivity index (χ4v) is 2.72. The number of likely N-dealkylation sites (tertiary alicyclic amines) is 1. The van der Waals surface area contributed by atoms with Crippen molar-refractivity contribution in [1.82, 2.24) is 15.5 Å². The Morgan fingerprint density at radius 3 is 2.77 bits per heavy atom. The van der Waals surface area contributed by atoms with Crippen molar-refractivity contribution in [3.8, 4) is 0 Å². The normalized spacial score (nSPS) is 19.6. The zero-order chi connectivity index (χ0) is 15.9. The minimum Gasteiger partial charge on any atom is -0.344 e. The van der Waals surface area contributed by atoms with Crippen molar-refractivity contribution >= 4 is 11.9 Å². The van der Waals surface area contributed by atoms with Crippen molar-refractivity contribution in [1.29, 1.82) is 0 Å². The van der Waals surface area contributed by atoms with Gasteiger partial charge in [0, 0.05) is 32.6 Å². The number of likely N-dealkylation sites (N-methyl/N-ethyl adjacent to an activating group) is 1. The Bertz CT molecular complexity index is 504. The summed E-state index contributed by atoms with van der Waals surface area (Å²) in [6, 6.07) is 10.2. The number of rotatable bonds is 5. The molecular weight excluding hydrogens is 278 g/mol. The van der Waals surface area contributed by atoms with E-state index >= 15 is 0 Å². The Morgan fingerprint density at radius 1 is 1.36 bits per heavy atom. The van der Waals surface area contributed by atoms with Crippen LogP contribution in [-0.4, -0.2) is 43.0 Å². The molecule has 2 atom stereocenters. The molecule has 1 aromatic rings. The van der Waals surface area contributed by atoms with Gasteiger partial charge in [0.15, 0.2) is 0 Å². The highest BCUT2D eigenvalue weighted by Gasteiger charge is 2.23. The maximum absolute atomic E-state index is 11.9. The topological polar surface area (TPSA) is 61.4 Å². The lowest BCUT2D eigenvalue weighted by molar-refractivity contribution is -0.132. The molecule has 0 bridgehead atoms. The standard InChI is InChI=1S/C17H25N3O2/c1-13(14-6-4-3-5-7-14)10-11-18-17(22)19-15-8-9-16(21)20(2)12-15/h3-7,13,15H,8-12H2,1-2H3,(H2,18,19,22). The second-order valence-corrected chi connectivity index (χ2v) is 6.01. The van der Waals surface area contributed by atoms with E-state index in [4.69, 9.17) is 0 Å². The van der Waals surface area contributed by atoms with E-state index in [1.54, 1.807) is 11.9 Å². The van der Waals surface area contributed by atoms with Gasteiger partial charge in [-0.15, -0.1) is 0 Å². The van der Waals surface area contributed by atoms with Gasteiger partial charge in [-0.2, -0.15) is 0 Å². The second kappa shape index (κ2) is 7.82. The Balaban J connectivity index is 1.67. The van der Waals surface area contributed by atoms with Crippen LogP contribution >= 0.6 is 0 Å². The summed E-state index contributed by atoms with van der Waals surface area (Å²) < 4.78 is 0. The summed E-state index contributed by atoms with van der Waals surface area (Å²) in [7, 11) is 1.77. The molecule has 0 aliphatic carbocycles. The lowest BCUT2D eigenvalue weighted by Gasteiger charge is -2.30. The third-order valence-electron chi connectivity index (χ3n) is 4.19. The van der Waals surface area contributed by atoms with Gasteiger partial charge in [0.1, 0.15) is 0 Å². The highest BCUT2D eigenvalue weighted by atomic mass is 16.2. The first-order valence-corrected chi connectivity index (χ1v) is 7.89. The average Bonchev–Trinajstić information content (AvgIpc) is 2.51. The highest BCUT2D eigenvalue weighted by molar-refractivity contribution is 5.78. The van der Waals surface area contributed by atoms with E-state index in [1.165, 1.54) is 5.56 Å². The lowest BCUT2D eigenvalue weighted by Crippen LogP contribution is -2.51. The summed E-state index contributed by atoms with van der Waals surface area (Å²) in [5.41, 5.74) is 1.29. The van der Waals surface area contributed by atoms with E-state index < -0.39 is 0 Å². The molecule has 2 N–H and O–H groups in total. The van der Waals surface area contributed by atoms with Gasteiger partial charge in [0.2, 0.25) is 5.91 Å². The number of amides is 3. The summed E-state index contributed by atoms with van der Waals surface area (Å²) in [6.45, 7) is 3.40. The Morgan fingerprint density at radius 2 is 2.09 bits per heavy atom. The fraction of sp³-hybridized carbons (Fsp3) is 0.529. The first-order valence-electron chi connectivity index (χ1n) is 7.89. The number of benzene rings is 1. The van der Waals surface area contributed by atoms with Crippen LogP contribution in [0.1, 0.15) is 37.7 Å². The zero-order valence-corrected chi connectivity index (χ0v) is 13.3. The predicted molar refractivity (Wildman–Crippen MR) is 86.7 cm³/mol. The average molecular weight is 303 g/mol. The molecule has 120 valence electrons. The third kappa shape index (κ3) is 4.76. The van der Waals surface area contributed by atoms with E-state index in [2.05, 4.69) is 29.7 Å². The second-order valence-electron chi connectivity index (χ2n) is 6.01. The molecule has 3 amide bonds. The van der Waals surface area contributed by atoms with Crippen LogP contribution in [0.25, 0.3) is 0 Å². The molecule has 5 nitrogen and oxygen atoms in total. The van der Waals surface area contributed by atoms with E-state index in [0.717, 1.165) is 12.8 Å². The zero-order valence-electron chi connectivity index (χ0n) is 13.3. The van der Waals surface area contributed by atoms with Crippen LogP contribution in [0.5, 0.6) is 0 Å². The van der Waals surface area contributed by atoms with Crippen molar-refractivity contribution < 1.29 is 9.59 Å². The minimum atomic E-state index is -0.145. The van der Waals surface area contributed by atoms with Crippen LogP contribution < -0.4 is 10.6 Å². The Hall–Kier alpha value is -2.04. The van der Waals surface area contributed by atoms with Gasteiger partial charge in [0.25, 0.3) is 0 Å². The summed E-state index contributed by atoms with van der Waals surface area (Å²) in [5, 5.41) is 5.84. The molecule has 1 fully saturated rings. The predicted octanol–water partition coefficient (Wildman–Crippen LogP) is 2.10. The van der Waals surface area contributed by atoms with Gasteiger partial charge in [0.05, 0.1) is 0 Å². The van der Waals surface area contributed by atoms with Gasteiger partial charge in [-0.05, 0) is 24.3 Å². The van der Waals surface area contributed by atoms with Gasteiger partial charge >= 0.3 is 6.03 Å². The molecular formula is C17H25N3O2. The van der Waals surface area contributed by atoms with Gasteiger partial charge in [-0.1, -0.05) is 37.3 Å². The summed E-state index contributed by atoms with van der Waals surface area (Å²) in [5.74, 6) is 0.565. The van der Waals surface area contributed by atoms with E-state index in [9.17, 15) is 9.59 Å². The van der Waals surface area contributed by atoms with E-state index in [0.29, 0.717) is 25.4 Å². The molecule has 0 spiro atoms.